The molecule has 0 aromatic heterocycles. The fourth-order valence-corrected chi connectivity index (χ4v) is 5.53. The maximum Gasteiger partial charge on any atom is 0.225 e. The number of rotatable bonds is 1. The van der Waals surface area contributed by atoms with Crippen molar-refractivity contribution in [1.29, 1.82) is 5.26 Å². The van der Waals surface area contributed by atoms with Crippen LogP contribution in [0.3, 0.4) is 0 Å². The van der Waals surface area contributed by atoms with Crippen LogP contribution in [0.1, 0.15) is 51.2 Å². The van der Waals surface area contributed by atoms with Crippen molar-refractivity contribution in [3.63, 3.8) is 0 Å². The first-order valence-corrected chi connectivity index (χ1v) is 10.7. The van der Waals surface area contributed by atoms with Crippen LogP contribution in [-0.2, 0) is 10.3 Å². The number of carbonyl (C=O) groups is 1. The number of amides is 1. The van der Waals surface area contributed by atoms with Gasteiger partial charge in [-0.25, -0.2) is 4.99 Å². The minimum Gasteiger partial charge on any atom is -0.490 e. The molecule has 1 saturated carbocycles. The topological polar surface area (TPSA) is 100 Å². The first-order chi connectivity index (χ1) is 13.2. The monoisotopic (exact) mass is 398 g/mol. The van der Waals surface area contributed by atoms with E-state index in [0.29, 0.717) is 10.7 Å². The number of nitrogens with zero attached hydrogens (tertiary/aromatic N) is 2. The number of fused-ring (bicyclic) bond motifs is 4. The van der Waals surface area contributed by atoms with Crippen molar-refractivity contribution in [3.8, 4) is 11.8 Å². The zero-order valence-electron chi connectivity index (χ0n) is 16.5. The molecule has 1 amide bonds. The maximum atomic E-state index is 12.5. The molecule has 7 heteroatoms. The third kappa shape index (κ3) is 3.14. The number of ether oxygens (including phenoxy) is 1. The fraction of sp³-hybridized carbons (Fsp3) is 0.571. The fourth-order valence-electron chi connectivity index (χ4n) is 4.50. The molecule has 28 heavy (non-hydrogen) atoms. The molecule has 4 rings (SSSR count). The molecule has 0 bridgehead atoms. The van der Waals surface area contributed by atoms with E-state index in [1.54, 1.807) is 17.8 Å². The largest absolute Gasteiger partial charge is 0.490 e. The number of aliphatic imine (C=N–C) groups is 1. The van der Waals surface area contributed by atoms with Gasteiger partial charge in [0.15, 0.2) is 5.17 Å². The van der Waals surface area contributed by atoms with Gasteiger partial charge in [-0.3, -0.25) is 4.79 Å². The first-order valence-electron chi connectivity index (χ1n) is 9.73. The van der Waals surface area contributed by atoms with Crippen LogP contribution in [0.25, 0.3) is 0 Å². The molecule has 3 N–H and O–H groups in total. The molecule has 2 heterocycles. The first kappa shape index (κ1) is 19.1. The normalized spacial score (nSPS) is 31.2. The van der Waals surface area contributed by atoms with Gasteiger partial charge in [0.05, 0.1) is 11.6 Å². The summed E-state index contributed by atoms with van der Waals surface area (Å²) >= 11 is 1.56. The average Bonchev–Trinajstić information content (AvgIpc) is 3.04. The Kier molecular flexibility index (Phi) is 4.58. The highest BCUT2D eigenvalue weighted by molar-refractivity contribution is 8.14. The maximum absolute atomic E-state index is 12.5. The van der Waals surface area contributed by atoms with Crippen LogP contribution in [0.5, 0.6) is 5.75 Å². The standard InChI is InChI=1S/C21H26N4O2S/c1-20(2,3)18(26)24-13-5-7-17-15(9-13)21(11-28-19(23)25-21)14-8-12(10-22)4-6-16(14)27-17/h4,6,8,13,15,17H,5,7,9,11H2,1-3H3,(H2,23,25)(H,24,26). The summed E-state index contributed by atoms with van der Waals surface area (Å²) in [6.07, 6.45) is 2.58. The van der Waals surface area contributed by atoms with Crippen molar-refractivity contribution in [2.75, 3.05) is 5.75 Å². The molecular formula is C21H26N4O2S. The summed E-state index contributed by atoms with van der Waals surface area (Å²) in [5.74, 6) is 1.72. The number of hydrogen-bond acceptors (Lipinski definition) is 6. The number of nitriles is 1. The molecule has 6 nitrogen and oxygen atoms in total. The van der Waals surface area contributed by atoms with Crippen LogP contribution in [0, 0.1) is 22.7 Å². The number of carbonyl (C=O) groups excluding carboxylic acids is 1. The van der Waals surface area contributed by atoms with Crippen LogP contribution in [0.2, 0.25) is 0 Å². The van der Waals surface area contributed by atoms with Crippen molar-refractivity contribution >= 4 is 22.8 Å². The summed E-state index contributed by atoms with van der Waals surface area (Å²) in [5.41, 5.74) is 6.73. The Hall–Kier alpha value is -2.20. The minimum absolute atomic E-state index is 0.0403. The molecule has 2 aliphatic heterocycles. The van der Waals surface area contributed by atoms with Gasteiger partial charge in [0.25, 0.3) is 0 Å². The lowest BCUT2D eigenvalue weighted by atomic mass is 9.67. The van der Waals surface area contributed by atoms with Crippen molar-refractivity contribution in [2.24, 2.45) is 22.1 Å². The predicted molar refractivity (Wildman–Crippen MR) is 110 cm³/mol. The van der Waals surface area contributed by atoms with Gasteiger partial charge in [0.2, 0.25) is 5.91 Å². The number of amidine groups is 1. The van der Waals surface area contributed by atoms with Crippen LogP contribution >= 0.6 is 11.8 Å². The lowest BCUT2D eigenvalue weighted by Gasteiger charge is -2.49. The summed E-state index contributed by atoms with van der Waals surface area (Å²) in [4.78, 5) is 17.4. The Balaban J connectivity index is 1.70. The highest BCUT2D eigenvalue weighted by atomic mass is 32.2. The van der Waals surface area contributed by atoms with E-state index in [1.807, 2.05) is 32.9 Å². The molecule has 148 valence electrons. The number of nitrogens with one attached hydrogen (secondary N) is 1. The third-order valence-corrected chi connectivity index (χ3v) is 6.99. The third-order valence-electron chi connectivity index (χ3n) is 6.02. The van der Waals surface area contributed by atoms with Gasteiger partial charge in [-0.05, 0) is 37.5 Å². The zero-order valence-corrected chi connectivity index (χ0v) is 17.3. The van der Waals surface area contributed by atoms with Gasteiger partial charge in [-0.1, -0.05) is 32.5 Å². The zero-order chi connectivity index (χ0) is 20.1. The Morgan fingerprint density at radius 3 is 2.86 bits per heavy atom. The highest BCUT2D eigenvalue weighted by Crippen LogP contribution is 2.54. The van der Waals surface area contributed by atoms with Crippen molar-refractivity contribution in [2.45, 2.75) is 57.7 Å². The highest BCUT2D eigenvalue weighted by Gasteiger charge is 2.54. The predicted octanol–water partition coefficient (Wildman–Crippen LogP) is 2.91. The SMILES string of the molecule is CC(C)(C)C(=O)NC1CCC2Oc3ccc(C#N)cc3C3(CSC(N)=N3)C2C1. The van der Waals surface area contributed by atoms with E-state index in [-0.39, 0.29) is 24.0 Å². The lowest BCUT2D eigenvalue weighted by Crippen LogP contribution is -2.55. The molecule has 1 fully saturated rings. The van der Waals surface area contributed by atoms with E-state index in [2.05, 4.69) is 11.4 Å². The van der Waals surface area contributed by atoms with Gasteiger partial charge in [0.1, 0.15) is 17.4 Å². The van der Waals surface area contributed by atoms with Gasteiger partial charge in [0, 0.05) is 28.7 Å². The second kappa shape index (κ2) is 6.70. The van der Waals surface area contributed by atoms with Crippen molar-refractivity contribution < 1.29 is 9.53 Å². The molecule has 1 spiro atoms. The molecule has 0 radical (unpaired) electrons. The minimum atomic E-state index is -0.495. The molecule has 4 atom stereocenters. The van der Waals surface area contributed by atoms with E-state index >= 15 is 0 Å². The quantitative estimate of drug-likeness (QED) is 0.757. The van der Waals surface area contributed by atoms with Gasteiger partial charge in [-0.2, -0.15) is 5.26 Å². The van der Waals surface area contributed by atoms with E-state index in [0.717, 1.165) is 36.3 Å². The smallest absolute Gasteiger partial charge is 0.225 e. The molecule has 1 aliphatic carbocycles. The summed E-state index contributed by atoms with van der Waals surface area (Å²) in [6.45, 7) is 5.78. The Morgan fingerprint density at radius 1 is 1.43 bits per heavy atom. The van der Waals surface area contributed by atoms with Crippen molar-refractivity contribution in [3.05, 3.63) is 29.3 Å². The van der Waals surface area contributed by atoms with Gasteiger partial charge in [-0.15, -0.1) is 0 Å². The molecule has 1 aromatic rings. The average molecular weight is 399 g/mol. The second-order valence-electron chi connectivity index (χ2n) is 8.98. The summed E-state index contributed by atoms with van der Waals surface area (Å²) in [7, 11) is 0. The Morgan fingerprint density at radius 2 is 2.21 bits per heavy atom. The number of thioether (sulfide) groups is 1. The molecule has 0 saturated heterocycles. The number of benzene rings is 1. The number of hydrogen-bond donors (Lipinski definition) is 2. The second-order valence-corrected chi connectivity index (χ2v) is 9.98. The molecule has 4 unspecified atom stereocenters. The lowest BCUT2D eigenvalue weighted by molar-refractivity contribution is -0.130. The van der Waals surface area contributed by atoms with Gasteiger partial charge >= 0.3 is 0 Å². The summed E-state index contributed by atoms with van der Waals surface area (Å²) < 4.78 is 6.34. The van der Waals surface area contributed by atoms with Crippen molar-refractivity contribution in [1.82, 2.24) is 5.32 Å². The Bertz CT molecular complexity index is 885. The molecule has 1 aromatic carbocycles. The van der Waals surface area contributed by atoms with E-state index in [1.165, 1.54) is 0 Å². The Labute approximate surface area is 169 Å². The van der Waals surface area contributed by atoms with E-state index in [4.69, 9.17) is 15.5 Å². The molecular weight excluding hydrogens is 372 g/mol. The van der Waals surface area contributed by atoms with Crippen LogP contribution in [-0.4, -0.2) is 29.0 Å². The van der Waals surface area contributed by atoms with Crippen LogP contribution in [0.4, 0.5) is 0 Å². The van der Waals surface area contributed by atoms with Gasteiger partial charge < -0.3 is 15.8 Å². The van der Waals surface area contributed by atoms with Crippen LogP contribution < -0.4 is 15.8 Å². The van der Waals surface area contributed by atoms with E-state index < -0.39 is 11.0 Å². The van der Waals surface area contributed by atoms with E-state index in [9.17, 15) is 10.1 Å². The van der Waals surface area contributed by atoms with Crippen LogP contribution in [0.15, 0.2) is 23.2 Å². The summed E-state index contributed by atoms with van der Waals surface area (Å²) in [5, 5.41) is 13.2. The summed E-state index contributed by atoms with van der Waals surface area (Å²) in [6, 6.07) is 7.88. The number of nitrogens with two attached hydrogens (primary N) is 1. The molecule has 3 aliphatic rings.